The Labute approximate surface area is 249 Å². The van der Waals surface area contributed by atoms with Crippen LogP contribution >= 0.6 is 0 Å². The molecule has 0 fully saturated rings. The van der Waals surface area contributed by atoms with Gasteiger partial charge >= 0.3 is 66.0 Å². The monoisotopic (exact) mass is 755 g/mol. The first-order valence-corrected chi connectivity index (χ1v) is 11.2. The fourth-order valence-electron chi connectivity index (χ4n) is 2.86. The van der Waals surface area contributed by atoms with E-state index in [1.54, 1.807) is 0 Å². The number of amides is 1. The van der Waals surface area contributed by atoms with Crippen LogP contribution in [0.2, 0.25) is 0 Å². The molecule has 0 heterocycles. The lowest BCUT2D eigenvalue weighted by Crippen LogP contribution is -2.60. The van der Waals surface area contributed by atoms with Gasteiger partial charge in [0.05, 0.1) is 6.54 Å². The number of carbonyl (C=O) groups excluding carboxylic acids is 3. The van der Waals surface area contributed by atoms with Crippen LogP contribution in [-0.2, 0) is 19.1 Å². The van der Waals surface area contributed by atoms with Crippen LogP contribution in [0.5, 0.6) is 5.75 Å². The summed E-state index contributed by atoms with van der Waals surface area (Å²) < 4.78 is 281. The fourth-order valence-corrected chi connectivity index (χ4v) is 2.86. The minimum absolute atomic E-state index is 0.126. The summed E-state index contributed by atoms with van der Waals surface area (Å²) in [6.07, 6.45) is -25.0. The Kier molecular flexibility index (Phi) is 11.0. The number of alkyl halides is 21. The van der Waals surface area contributed by atoms with E-state index in [1.807, 2.05) is 0 Å². The number of esters is 2. The summed E-state index contributed by atoms with van der Waals surface area (Å²) in [7, 11) is -0.213. The molecule has 0 bridgehead atoms. The van der Waals surface area contributed by atoms with Gasteiger partial charge in [0, 0.05) is 7.05 Å². The number of likely N-dealkylation sites (N-methyl/N-ethyl adjacent to an activating group) is 1. The van der Waals surface area contributed by atoms with Crippen molar-refractivity contribution in [1.82, 2.24) is 4.90 Å². The van der Waals surface area contributed by atoms with E-state index in [9.17, 15) is 107 Å². The largest absolute Gasteiger partial charge is 0.460 e. The molecule has 1 amide bonds. The molecule has 0 saturated carbocycles. The number of hydrogen-bond donors (Lipinski definition) is 0. The third kappa shape index (κ3) is 7.41. The van der Waals surface area contributed by atoms with Gasteiger partial charge in [-0.15, -0.1) is 0 Å². The summed E-state index contributed by atoms with van der Waals surface area (Å²) in [5.74, 6) is -55.6. The van der Waals surface area contributed by atoms with Crippen LogP contribution in [0, 0.1) is 0 Å². The molecule has 0 saturated heterocycles. The van der Waals surface area contributed by atoms with Crippen molar-refractivity contribution in [2.24, 2.45) is 0 Å². The van der Waals surface area contributed by atoms with Crippen molar-refractivity contribution in [1.29, 1.82) is 0 Å². The maximum absolute atomic E-state index is 13.9. The normalized spacial score (nSPS) is 15.1. The quantitative estimate of drug-likeness (QED) is 0.137. The topological polar surface area (TPSA) is 72.9 Å². The maximum Gasteiger partial charge on any atom is 0.460 e. The molecule has 1 unspecified atom stereocenters. The highest BCUT2D eigenvalue weighted by atomic mass is 19.4. The fraction of sp³-hybridized carbons (Fsp3) is 0.571. The summed E-state index contributed by atoms with van der Waals surface area (Å²) in [5, 5.41) is 0. The van der Waals surface area contributed by atoms with E-state index < -0.39 is 101 Å². The zero-order chi connectivity index (χ0) is 38.5. The zero-order valence-corrected chi connectivity index (χ0v) is 22.0. The molecule has 0 aliphatic rings. The van der Waals surface area contributed by atoms with Crippen LogP contribution in [0.15, 0.2) is 24.3 Å². The molecule has 0 N–H and O–H groups in total. The molecule has 0 spiro atoms. The van der Waals surface area contributed by atoms with Crippen LogP contribution in [0.3, 0.4) is 0 Å². The van der Waals surface area contributed by atoms with Gasteiger partial charge in [-0.1, -0.05) is 12.1 Å². The molecular weight excluding hydrogens is 745 g/mol. The van der Waals surface area contributed by atoms with Crippen LogP contribution in [0.25, 0.3) is 0 Å². The average molecular weight is 755 g/mol. The van der Waals surface area contributed by atoms with Gasteiger partial charge in [0.15, 0.2) is 0 Å². The van der Waals surface area contributed by atoms with Gasteiger partial charge in [0.1, 0.15) is 11.9 Å². The lowest BCUT2D eigenvalue weighted by Gasteiger charge is -2.32. The number of carbonyl (C=O) groups is 3. The van der Waals surface area contributed by atoms with Crippen LogP contribution in [0.1, 0.15) is 11.7 Å². The minimum atomic E-state index is -7.35. The number of halogens is 21. The van der Waals surface area contributed by atoms with Crippen molar-refractivity contribution in [2.45, 2.75) is 60.2 Å². The van der Waals surface area contributed by atoms with Crippen molar-refractivity contribution in [3.63, 3.8) is 0 Å². The maximum atomic E-state index is 13.9. The SMILES string of the molecule is CN(CC(OC(=O)C(F)(F)C(F)(F)C(F)(F)F)c1cccc(OC(=O)C(F)(F)C(F)(F)C(F)(F)F)c1)C(=O)C(F)(F)C(F)(F)C(F)(F)F. The molecular formula is C21H10F21NO5. The first kappa shape index (κ1) is 42.2. The minimum Gasteiger partial charge on any atom is -0.451 e. The first-order chi connectivity index (χ1) is 20.9. The molecule has 1 atom stereocenters. The smallest absolute Gasteiger partial charge is 0.451 e. The number of hydrogen-bond acceptors (Lipinski definition) is 5. The zero-order valence-electron chi connectivity index (χ0n) is 22.0. The standard InChI is InChI=1S/C21H10F21NO5/c1-43(10(44)13(22,23)16(28,29)19(34,35)36)6-9(48-12(46)15(26,27)18(32,33)21(40,41)42)7-3-2-4-8(5-7)47-11(45)14(24,25)17(30,31)20(37,38)39/h2-5,9H,6H2,1H3. The average Bonchev–Trinajstić information content (AvgIpc) is 2.89. The number of ether oxygens (including phenoxy) is 2. The van der Waals surface area contributed by atoms with Gasteiger partial charge in [-0.2, -0.15) is 92.2 Å². The van der Waals surface area contributed by atoms with Crippen LogP contribution in [-0.4, -0.2) is 90.4 Å². The summed E-state index contributed by atoms with van der Waals surface area (Å²) >= 11 is 0. The highest BCUT2D eigenvalue weighted by Crippen LogP contribution is 2.50. The molecule has 0 aliphatic carbocycles. The lowest BCUT2D eigenvalue weighted by molar-refractivity contribution is -0.349. The van der Waals surface area contributed by atoms with Crippen molar-refractivity contribution < 1.29 is 116 Å². The van der Waals surface area contributed by atoms with Crippen molar-refractivity contribution in [2.75, 3.05) is 13.6 Å². The summed E-state index contributed by atoms with van der Waals surface area (Å²) in [6.45, 7) is -2.32. The molecule has 27 heteroatoms. The van der Waals surface area contributed by atoms with Crippen LogP contribution in [0.4, 0.5) is 92.2 Å². The Balaban J connectivity index is 3.70. The van der Waals surface area contributed by atoms with E-state index in [0.717, 1.165) is 0 Å². The highest BCUT2D eigenvalue weighted by Gasteiger charge is 2.79. The number of nitrogens with zero attached hydrogens (tertiary/aromatic N) is 1. The third-order valence-corrected chi connectivity index (χ3v) is 5.51. The molecule has 0 aromatic heterocycles. The van der Waals surface area contributed by atoms with Crippen molar-refractivity contribution in [3.8, 4) is 5.75 Å². The summed E-state index contributed by atoms with van der Waals surface area (Å²) in [6, 6.07) is 0.258. The molecule has 6 nitrogen and oxygen atoms in total. The Hall–Kier alpha value is -3.84. The highest BCUT2D eigenvalue weighted by molar-refractivity contribution is 5.85. The Bertz CT molecular complexity index is 1360. The Morgan fingerprint density at radius 2 is 0.979 bits per heavy atom. The van der Waals surface area contributed by atoms with Gasteiger partial charge in [0.2, 0.25) is 0 Å². The summed E-state index contributed by atoms with van der Waals surface area (Å²) in [4.78, 5) is 34.0. The number of benzene rings is 1. The first-order valence-electron chi connectivity index (χ1n) is 11.2. The van der Waals surface area contributed by atoms with Gasteiger partial charge < -0.3 is 14.4 Å². The van der Waals surface area contributed by atoms with E-state index in [1.165, 1.54) is 0 Å². The van der Waals surface area contributed by atoms with E-state index >= 15 is 0 Å². The molecule has 1 rings (SSSR count). The molecule has 48 heavy (non-hydrogen) atoms. The molecule has 0 aliphatic heterocycles. The predicted molar refractivity (Wildman–Crippen MR) is 106 cm³/mol. The van der Waals surface area contributed by atoms with Gasteiger partial charge in [-0.3, -0.25) is 4.79 Å². The Morgan fingerprint density at radius 3 is 1.38 bits per heavy atom. The van der Waals surface area contributed by atoms with Gasteiger partial charge in [-0.25, -0.2) is 9.59 Å². The van der Waals surface area contributed by atoms with E-state index in [0.29, 0.717) is 0 Å². The van der Waals surface area contributed by atoms with E-state index in [4.69, 9.17) is 0 Å². The second-order valence-electron chi connectivity index (χ2n) is 8.98. The summed E-state index contributed by atoms with van der Waals surface area (Å²) in [5.41, 5.74) is -1.52. The number of rotatable bonds is 11. The van der Waals surface area contributed by atoms with Crippen LogP contribution < -0.4 is 4.74 Å². The Morgan fingerprint density at radius 1 is 0.604 bits per heavy atom. The second kappa shape index (κ2) is 12.6. The van der Waals surface area contributed by atoms with Crippen molar-refractivity contribution in [3.05, 3.63) is 29.8 Å². The third-order valence-electron chi connectivity index (χ3n) is 5.51. The lowest BCUT2D eigenvalue weighted by atomic mass is 10.1. The molecule has 276 valence electrons. The molecule has 0 radical (unpaired) electrons. The van der Waals surface area contributed by atoms with Gasteiger partial charge in [-0.05, 0) is 17.7 Å². The predicted octanol–water partition coefficient (Wildman–Crippen LogP) is 7.13. The molecule has 1 aromatic rings. The van der Waals surface area contributed by atoms with Gasteiger partial charge in [0.25, 0.3) is 5.91 Å². The van der Waals surface area contributed by atoms with E-state index in [2.05, 4.69) is 9.47 Å². The van der Waals surface area contributed by atoms with Crippen molar-refractivity contribution >= 4 is 17.8 Å². The van der Waals surface area contributed by atoms with E-state index in [-0.39, 0.29) is 31.3 Å². The second-order valence-corrected chi connectivity index (χ2v) is 8.98. The molecule has 1 aromatic carbocycles.